The van der Waals surface area contributed by atoms with Gasteiger partial charge in [-0.05, 0) is 138 Å². The lowest BCUT2D eigenvalue weighted by molar-refractivity contribution is -0.143. The number of thioether (sulfide) groups is 1. The van der Waals surface area contributed by atoms with E-state index in [2.05, 4.69) is 37.2 Å². The third-order valence-electron chi connectivity index (χ3n) is 22.6. The number of nitrogens with zero attached hydrogens (tertiary/aromatic N) is 1. The summed E-state index contributed by atoms with van der Waals surface area (Å²) in [7, 11) is 0. The first-order valence-corrected chi connectivity index (χ1v) is 44.7. The van der Waals surface area contributed by atoms with Gasteiger partial charge in [0.25, 0.3) is 5.24 Å². The summed E-state index contributed by atoms with van der Waals surface area (Å²) < 4.78 is 0. The number of aliphatic hydroxyl groups excluding tert-OH is 4. The standard InChI is InChI=1S/C91H129N9O28S/c1-8-52(4)83(78(113)41-60(35-57-22-27-64(105)28-23-57)86(123)95-70(34-51(2)3)74(109)39-61(43-81(117)118)85(122)94-53(5)18-15-16-32-92)99-88(125)63(48-101)42-75(110)71(37-58-24-29-65(106)30-25-58)96-87(124)62(44-82(119)120)40-76(111)73(49-102)98-90(127)69(55(7)104)46-77(112)72(36-56-19-12-11-13-20-56)97-89(126)68(54(6)103)45-67(108)47-93-84(121)59(26-31-80(115)116)38-66(107)21-14-9-10-17-33-100-79(114)50-129-91(100)128/h11-13,19-20,22-25,27-30,51-55,59-63,68-73,83,101-106H,8-10,14-18,21,26,31-50,92H2,1-7H3,(H,93,121)(H,94,122)(H,95,123)(H,96,124)(H,97,126)(H,98,127)(H,99,125)(H,115,116)(H,117,118)(H,119,120)/t52-,53+,54+,55+,59+,60+,61-,62-,63-,68-,69-,70-,71-,72-,73-,83-/m0/s1. The van der Waals surface area contributed by atoms with Crippen LogP contribution < -0.4 is 43.0 Å². The summed E-state index contributed by atoms with van der Waals surface area (Å²) in [5, 5.41) is 111. The van der Waals surface area contributed by atoms with E-state index in [1.807, 2.05) is 0 Å². The van der Waals surface area contributed by atoms with Crippen LogP contribution in [0.3, 0.4) is 0 Å². The van der Waals surface area contributed by atoms with E-state index in [0.717, 1.165) is 18.7 Å². The van der Waals surface area contributed by atoms with Crippen molar-refractivity contribution in [3.63, 3.8) is 0 Å². The highest BCUT2D eigenvalue weighted by Gasteiger charge is 2.41. The second-order valence-electron chi connectivity index (χ2n) is 33.9. The van der Waals surface area contributed by atoms with Gasteiger partial charge in [0.05, 0.1) is 104 Å². The molecule has 129 heavy (non-hydrogen) atoms. The van der Waals surface area contributed by atoms with Gasteiger partial charge in [0.2, 0.25) is 47.3 Å². The lowest BCUT2D eigenvalue weighted by Crippen LogP contribution is -2.52. The fourth-order valence-electron chi connectivity index (χ4n) is 14.8. The Morgan fingerprint density at radius 1 is 0.434 bits per heavy atom. The maximum absolute atomic E-state index is 14.8. The minimum absolute atomic E-state index is 0.0266. The average Bonchev–Trinajstić information content (AvgIpc) is 1.59. The van der Waals surface area contributed by atoms with Gasteiger partial charge >= 0.3 is 17.9 Å². The third kappa shape index (κ3) is 40.2. The van der Waals surface area contributed by atoms with E-state index < -0.39 is 268 Å². The van der Waals surface area contributed by atoms with Crippen LogP contribution in [0.2, 0.25) is 0 Å². The van der Waals surface area contributed by atoms with Gasteiger partial charge < -0.3 is 88.9 Å². The number of unbranched alkanes of at least 4 members (excludes halogenated alkanes) is 4. The molecule has 0 radical (unpaired) electrons. The Balaban J connectivity index is 1.53. The fourth-order valence-corrected chi connectivity index (χ4v) is 15.5. The Labute approximate surface area is 753 Å². The van der Waals surface area contributed by atoms with Crippen molar-refractivity contribution in [2.24, 2.45) is 59.0 Å². The number of carbonyl (C=O) groups is 19. The Morgan fingerprint density at radius 3 is 1.42 bits per heavy atom. The Hall–Kier alpha value is -11.1. The number of nitrogens with two attached hydrogens (primary N) is 1. The van der Waals surface area contributed by atoms with Crippen molar-refractivity contribution in [1.29, 1.82) is 0 Å². The summed E-state index contributed by atoms with van der Waals surface area (Å²) in [5.41, 5.74) is 6.78. The molecular weight excluding hydrogens is 1700 g/mol. The van der Waals surface area contributed by atoms with E-state index >= 15 is 0 Å². The number of carboxylic acids is 3. The minimum Gasteiger partial charge on any atom is -0.508 e. The molecule has 4 rings (SSSR count). The maximum Gasteiger partial charge on any atom is 0.304 e. The highest BCUT2D eigenvalue weighted by molar-refractivity contribution is 8.14. The van der Waals surface area contributed by atoms with Crippen LogP contribution in [0.4, 0.5) is 4.79 Å². The molecule has 0 unspecified atom stereocenters. The van der Waals surface area contributed by atoms with Crippen LogP contribution >= 0.6 is 11.8 Å². The zero-order valence-corrected chi connectivity index (χ0v) is 75.1. The third-order valence-corrected chi connectivity index (χ3v) is 23.5. The Bertz CT molecular complexity index is 4280. The number of carboxylic acid groups (broad SMARTS) is 3. The van der Waals surface area contributed by atoms with Crippen molar-refractivity contribution in [3.8, 4) is 11.5 Å². The van der Waals surface area contributed by atoms with Gasteiger partial charge in [-0.25, -0.2) is 0 Å². The molecule has 9 amide bonds. The van der Waals surface area contributed by atoms with Gasteiger partial charge in [-0.2, -0.15) is 0 Å². The smallest absolute Gasteiger partial charge is 0.304 e. The van der Waals surface area contributed by atoms with Crippen molar-refractivity contribution in [3.05, 3.63) is 95.6 Å². The molecule has 0 spiro atoms. The second-order valence-corrected chi connectivity index (χ2v) is 34.8. The van der Waals surface area contributed by atoms with Crippen LogP contribution in [-0.4, -0.2) is 249 Å². The number of nitrogens with one attached hydrogen (secondary N) is 7. The number of hydrogen-bond donors (Lipinski definition) is 17. The van der Waals surface area contributed by atoms with E-state index in [1.165, 1.54) is 60.4 Å². The molecule has 38 heteroatoms. The molecule has 0 aromatic heterocycles. The summed E-state index contributed by atoms with van der Waals surface area (Å²) in [4.78, 5) is 260. The highest BCUT2D eigenvalue weighted by Crippen LogP contribution is 2.27. The molecule has 1 heterocycles. The normalized spacial score (nSPS) is 15.8. The van der Waals surface area contributed by atoms with Crippen LogP contribution in [0.1, 0.15) is 200 Å². The van der Waals surface area contributed by atoms with Gasteiger partial charge in [-0.1, -0.05) is 120 Å². The molecule has 1 fully saturated rings. The average molecular weight is 1830 g/mol. The lowest BCUT2D eigenvalue weighted by atomic mass is 9.85. The Kier molecular flexibility index (Phi) is 48.8. The van der Waals surface area contributed by atoms with Crippen LogP contribution in [0.25, 0.3) is 0 Å². The van der Waals surface area contributed by atoms with Crippen LogP contribution in [0.5, 0.6) is 11.5 Å². The summed E-state index contributed by atoms with van der Waals surface area (Å²) in [6, 6.07) is 10.5. The maximum atomic E-state index is 14.8. The molecule has 37 nitrogen and oxygen atoms in total. The SMILES string of the molecule is CC[C@H](C)[C@H](NC(=O)[C@H](CO)CC(=O)[C@H](Cc1ccc(O)cc1)NC(=O)[C@H](CC(=O)O)CC(=O)[C@H](CO)NC(=O)[C@@H](CC(=O)[C@H](Cc1ccccc1)NC(=O)[C@@H](CC(=O)CNC(=O)[C@H](CCC(=O)O)CC(=O)CCCCCCN1C(=O)CSC1=O)[C@@H](C)O)[C@@H](C)O)C(=O)C[C@@H](Cc1ccc(O)cc1)C(=O)N[C@@H](CC(C)C)C(=O)C[C@@H](CC(=O)O)C(=O)N[C@H](C)CCCCN. The molecule has 0 aliphatic carbocycles. The quantitative estimate of drug-likeness (QED) is 0.0359. The number of phenolic OH excluding ortho intramolecular Hbond substituents is 2. The molecule has 0 bridgehead atoms. The van der Waals surface area contributed by atoms with Crippen molar-refractivity contribution in [2.75, 3.05) is 38.6 Å². The second kappa shape index (κ2) is 57.1. The molecular formula is C91H129N9O28S. The number of hydrogen-bond acceptors (Lipinski definition) is 27. The Morgan fingerprint density at radius 2 is 0.907 bits per heavy atom. The van der Waals surface area contributed by atoms with E-state index in [9.17, 15) is 137 Å². The molecule has 3 aromatic rings. The first kappa shape index (κ1) is 110. The minimum atomic E-state index is -1.99. The lowest BCUT2D eigenvalue weighted by Gasteiger charge is -2.28. The number of aromatic hydroxyl groups is 2. The van der Waals surface area contributed by atoms with Gasteiger partial charge in [0, 0.05) is 82.2 Å². The molecule has 18 N–H and O–H groups in total. The molecule has 1 aliphatic rings. The number of aliphatic hydroxyl groups is 4. The zero-order valence-electron chi connectivity index (χ0n) is 74.2. The van der Waals surface area contributed by atoms with Crippen molar-refractivity contribution >= 4 is 123 Å². The monoisotopic (exact) mass is 1830 g/mol. The summed E-state index contributed by atoms with van der Waals surface area (Å²) in [6.07, 6.45) is -7.76. The van der Waals surface area contributed by atoms with E-state index in [4.69, 9.17) is 5.73 Å². The number of amides is 9. The highest BCUT2D eigenvalue weighted by atomic mass is 32.2. The summed E-state index contributed by atoms with van der Waals surface area (Å²) in [5.74, 6) is -29.2. The van der Waals surface area contributed by atoms with Crippen LogP contribution in [0.15, 0.2) is 78.9 Å². The predicted molar refractivity (Wildman–Crippen MR) is 469 cm³/mol. The van der Waals surface area contributed by atoms with Crippen LogP contribution in [-0.2, 0) is 106 Å². The molecule has 16 atom stereocenters. The van der Waals surface area contributed by atoms with Gasteiger partial charge in [0.1, 0.15) is 23.3 Å². The van der Waals surface area contributed by atoms with E-state index in [-0.39, 0.29) is 103 Å². The number of imide groups is 1. The molecule has 1 aliphatic heterocycles. The fraction of sp³-hybridized carbons (Fsp3) is 0.593. The molecule has 3 aromatic carbocycles. The van der Waals surface area contributed by atoms with Crippen molar-refractivity contribution < 1.29 is 137 Å². The molecule has 1 saturated heterocycles. The number of ketones is 7. The van der Waals surface area contributed by atoms with Gasteiger partial charge in [0.15, 0.2) is 34.7 Å². The van der Waals surface area contributed by atoms with E-state index in [1.54, 1.807) is 65.0 Å². The largest absolute Gasteiger partial charge is 0.508 e. The van der Waals surface area contributed by atoms with Crippen molar-refractivity contribution in [2.45, 2.75) is 251 Å². The molecule has 712 valence electrons. The summed E-state index contributed by atoms with van der Waals surface area (Å²) in [6.45, 7) is 8.46. The zero-order chi connectivity index (χ0) is 96.3. The number of phenols is 2. The topological polar surface area (TPSA) is 620 Å². The first-order valence-electron chi connectivity index (χ1n) is 43.7. The number of carbonyl (C=O) groups excluding carboxylic acids is 16. The van der Waals surface area contributed by atoms with Crippen LogP contribution in [0, 0.1) is 53.3 Å². The number of rotatable bonds is 66. The first-order chi connectivity index (χ1) is 61.0. The number of Topliss-reactive ketones (excluding diaryl/α,β-unsaturated/α-hetero) is 7. The van der Waals surface area contributed by atoms with E-state index in [0.29, 0.717) is 62.6 Å². The van der Waals surface area contributed by atoms with Gasteiger partial charge in [-0.3, -0.25) is 96.0 Å². The van der Waals surface area contributed by atoms with Crippen molar-refractivity contribution in [1.82, 2.24) is 42.1 Å². The predicted octanol–water partition coefficient (Wildman–Crippen LogP) is 3.63. The van der Waals surface area contributed by atoms with Gasteiger partial charge in [-0.15, -0.1) is 0 Å². The number of aliphatic carboxylic acids is 3. The molecule has 0 saturated carbocycles. The number of benzene rings is 3. The summed E-state index contributed by atoms with van der Waals surface area (Å²) >= 11 is 0.919.